The van der Waals surface area contributed by atoms with E-state index in [1.807, 2.05) is 31.2 Å². The molecular formula is C14H14BrNOS. The Morgan fingerprint density at radius 3 is 2.72 bits per heavy atom. The Labute approximate surface area is 119 Å². The number of hydrogen-bond acceptors (Lipinski definition) is 2. The van der Waals surface area contributed by atoms with Gasteiger partial charge in [-0.25, -0.2) is 0 Å². The minimum absolute atomic E-state index is 0.0448. The van der Waals surface area contributed by atoms with Crippen molar-refractivity contribution in [3.8, 4) is 0 Å². The van der Waals surface area contributed by atoms with E-state index in [2.05, 4.69) is 34.2 Å². The van der Waals surface area contributed by atoms with Gasteiger partial charge in [0.25, 0.3) is 5.91 Å². The lowest BCUT2D eigenvalue weighted by Gasteiger charge is -2.07. The van der Waals surface area contributed by atoms with Crippen LogP contribution in [0.25, 0.3) is 0 Å². The molecule has 2 aromatic rings. The molecule has 0 bridgehead atoms. The van der Waals surface area contributed by atoms with Crippen molar-refractivity contribution in [1.82, 2.24) is 5.32 Å². The Morgan fingerprint density at radius 2 is 2.06 bits per heavy atom. The van der Waals surface area contributed by atoms with Crippen molar-refractivity contribution >= 4 is 33.2 Å². The Balaban J connectivity index is 2.06. The first-order chi connectivity index (χ1) is 8.58. The lowest BCUT2D eigenvalue weighted by atomic mass is 10.1. The van der Waals surface area contributed by atoms with Crippen molar-refractivity contribution in [2.45, 2.75) is 20.4 Å². The van der Waals surface area contributed by atoms with Crippen molar-refractivity contribution in [3.63, 3.8) is 0 Å². The number of amides is 1. The smallest absolute Gasteiger partial charge is 0.252 e. The maximum atomic E-state index is 12.1. The number of halogens is 1. The predicted molar refractivity (Wildman–Crippen MR) is 79.1 cm³/mol. The molecule has 0 aliphatic carbocycles. The van der Waals surface area contributed by atoms with E-state index in [1.165, 1.54) is 9.75 Å². The van der Waals surface area contributed by atoms with Gasteiger partial charge in [-0.1, -0.05) is 12.1 Å². The van der Waals surface area contributed by atoms with E-state index in [-0.39, 0.29) is 5.91 Å². The molecule has 0 atom stereocenters. The van der Waals surface area contributed by atoms with E-state index in [1.54, 1.807) is 11.3 Å². The summed E-state index contributed by atoms with van der Waals surface area (Å²) in [4.78, 5) is 14.5. The van der Waals surface area contributed by atoms with Gasteiger partial charge in [0.2, 0.25) is 0 Å². The molecule has 0 spiro atoms. The van der Waals surface area contributed by atoms with Gasteiger partial charge in [-0.2, -0.15) is 0 Å². The fourth-order valence-corrected chi connectivity index (χ4v) is 2.94. The molecule has 0 aliphatic heterocycles. The third-order valence-electron chi connectivity index (χ3n) is 2.66. The minimum atomic E-state index is -0.0448. The van der Waals surface area contributed by atoms with Gasteiger partial charge in [-0.05, 0) is 53.5 Å². The van der Waals surface area contributed by atoms with E-state index in [0.29, 0.717) is 12.1 Å². The lowest BCUT2D eigenvalue weighted by Crippen LogP contribution is -2.22. The molecule has 0 saturated carbocycles. The Bertz CT molecular complexity index is 577. The molecule has 0 fully saturated rings. The predicted octanol–water partition coefficient (Wildman–Crippen LogP) is 4.06. The highest BCUT2D eigenvalue weighted by Gasteiger charge is 2.11. The first-order valence-electron chi connectivity index (χ1n) is 5.66. The van der Waals surface area contributed by atoms with E-state index in [9.17, 15) is 4.79 Å². The van der Waals surface area contributed by atoms with Crippen molar-refractivity contribution in [1.29, 1.82) is 0 Å². The molecule has 2 rings (SSSR count). The summed E-state index contributed by atoms with van der Waals surface area (Å²) in [6.07, 6.45) is 0. The zero-order valence-electron chi connectivity index (χ0n) is 10.3. The fourth-order valence-electron chi connectivity index (χ4n) is 1.67. The van der Waals surface area contributed by atoms with E-state index in [0.717, 1.165) is 10.0 Å². The van der Waals surface area contributed by atoms with Gasteiger partial charge in [-0.15, -0.1) is 11.3 Å². The summed E-state index contributed by atoms with van der Waals surface area (Å²) in [7, 11) is 0. The lowest BCUT2D eigenvalue weighted by molar-refractivity contribution is 0.0950. The van der Waals surface area contributed by atoms with Crippen LogP contribution in [0.3, 0.4) is 0 Å². The second-order valence-corrected chi connectivity index (χ2v) is 6.30. The molecule has 0 unspecified atom stereocenters. The van der Waals surface area contributed by atoms with Gasteiger partial charge in [0, 0.05) is 14.2 Å². The van der Waals surface area contributed by atoms with Gasteiger partial charge < -0.3 is 5.32 Å². The molecule has 1 amide bonds. The number of rotatable bonds is 3. The number of thiophene rings is 1. The first kappa shape index (κ1) is 13.3. The van der Waals surface area contributed by atoms with Crippen LogP contribution in [-0.2, 0) is 6.54 Å². The van der Waals surface area contributed by atoms with Gasteiger partial charge in [0.05, 0.1) is 12.1 Å². The van der Waals surface area contributed by atoms with E-state index in [4.69, 9.17) is 0 Å². The summed E-state index contributed by atoms with van der Waals surface area (Å²) in [6.45, 7) is 4.62. The van der Waals surface area contributed by atoms with Crippen LogP contribution < -0.4 is 5.32 Å². The Kier molecular flexibility index (Phi) is 4.19. The summed E-state index contributed by atoms with van der Waals surface area (Å²) < 4.78 is 0.866. The highest BCUT2D eigenvalue weighted by molar-refractivity contribution is 9.10. The monoisotopic (exact) mass is 323 g/mol. The number of carbonyl (C=O) groups is 1. The summed E-state index contributed by atoms with van der Waals surface area (Å²) in [5, 5.41) is 2.94. The largest absolute Gasteiger partial charge is 0.347 e. The van der Waals surface area contributed by atoms with E-state index >= 15 is 0 Å². The zero-order valence-corrected chi connectivity index (χ0v) is 12.7. The van der Waals surface area contributed by atoms with Crippen LogP contribution in [0.2, 0.25) is 0 Å². The van der Waals surface area contributed by atoms with Crippen molar-refractivity contribution in [2.75, 3.05) is 0 Å². The molecule has 0 radical (unpaired) electrons. The molecule has 94 valence electrons. The molecule has 0 aliphatic rings. The first-order valence-corrected chi connectivity index (χ1v) is 7.27. The molecule has 1 N–H and O–H groups in total. The third-order valence-corrected chi connectivity index (χ3v) is 4.71. The third kappa shape index (κ3) is 3.00. The topological polar surface area (TPSA) is 29.1 Å². The molecular weight excluding hydrogens is 310 g/mol. The highest BCUT2D eigenvalue weighted by Crippen LogP contribution is 2.21. The van der Waals surface area contributed by atoms with Crippen LogP contribution in [-0.4, -0.2) is 5.91 Å². The van der Waals surface area contributed by atoms with Crippen LogP contribution in [0.1, 0.15) is 25.7 Å². The molecule has 1 heterocycles. The normalized spacial score (nSPS) is 10.4. The second-order valence-electron chi connectivity index (χ2n) is 4.13. The molecule has 0 saturated heterocycles. The summed E-state index contributed by atoms with van der Waals surface area (Å²) in [6, 6.07) is 9.81. The second kappa shape index (κ2) is 5.67. The molecule has 18 heavy (non-hydrogen) atoms. The molecule has 1 aromatic carbocycles. The highest BCUT2D eigenvalue weighted by atomic mass is 79.9. The maximum absolute atomic E-state index is 12.1. The van der Waals surface area contributed by atoms with Gasteiger partial charge in [-0.3, -0.25) is 4.79 Å². The van der Waals surface area contributed by atoms with Crippen LogP contribution in [0.5, 0.6) is 0 Å². The Morgan fingerprint density at radius 1 is 1.28 bits per heavy atom. The number of carbonyl (C=O) groups excluding carboxylic acids is 1. The summed E-state index contributed by atoms with van der Waals surface area (Å²) >= 11 is 5.16. The van der Waals surface area contributed by atoms with Crippen molar-refractivity contribution in [2.24, 2.45) is 0 Å². The SMILES string of the molecule is Cc1ccc(CNC(=O)c2cccc(C)c2Br)s1. The van der Waals surface area contributed by atoms with Crippen molar-refractivity contribution < 1.29 is 4.79 Å². The Hall–Kier alpha value is -1.13. The maximum Gasteiger partial charge on any atom is 0.252 e. The van der Waals surface area contributed by atoms with Crippen LogP contribution in [0.15, 0.2) is 34.8 Å². The standard InChI is InChI=1S/C14H14BrNOS/c1-9-4-3-5-12(13(9)15)14(17)16-8-11-7-6-10(2)18-11/h3-7H,8H2,1-2H3,(H,16,17). The fraction of sp³-hybridized carbons (Fsp3) is 0.214. The average molecular weight is 324 g/mol. The zero-order chi connectivity index (χ0) is 13.1. The minimum Gasteiger partial charge on any atom is -0.347 e. The number of hydrogen-bond donors (Lipinski definition) is 1. The summed E-state index contributed by atoms with van der Waals surface area (Å²) in [5.74, 6) is -0.0448. The molecule has 1 aromatic heterocycles. The number of nitrogens with one attached hydrogen (secondary N) is 1. The van der Waals surface area contributed by atoms with E-state index < -0.39 is 0 Å². The number of aryl methyl sites for hydroxylation is 2. The molecule has 2 nitrogen and oxygen atoms in total. The van der Waals surface area contributed by atoms with Crippen LogP contribution in [0.4, 0.5) is 0 Å². The van der Waals surface area contributed by atoms with Gasteiger partial charge >= 0.3 is 0 Å². The van der Waals surface area contributed by atoms with Crippen LogP contribution in [0, 0.1) is 13.8 Å². The quantitative estimate of drug-likeness (QED) is 0.906. The average Bonchev–Trinajstić information content (AvgIpc) is 2.76. The summed E-state index contributed by atoms with van der Waals surface area (Å²) in [5.41, 5.74) is 1.75. The van der Waals surface area contributed by atoms with Crippen molar-refractivity contribution in [3.05, 3.63) is 55.7 Å². The molecule has 4 heteroatoms. The van der Waals surface area contributed by atoms with Gasteiger partial charge in [0.1, 0.15) is 0 Å². The van der Waals surface area contributed by atoms with Crippen LogP contribution >= 0.6 is 27.3 Å². The van der Waals surface area contributed by atoms with Gasteiger partial charge in [0.15, 0.2) is 0 Å². The number of benzene rings is 1.